The van der Waals surface area contributed by atoms with E-state index in [0.29, 0.717) is 6.54 Å². The Morgan fingerprint density at radius 1 is 1.43 bits per heavy atom. The second-order valence-electron chi connectivity index (χ2n) is 5.33. The highest BCUT2D eigenvalue weighted by atomic mass is 35.5. The van der Waals surface area contributed by atoms with Crippen LogP contribution >= 0.6 is 12.4 Å². The fraction of sp³-hybridized carbons (Fsp3) is 0.533. The van der Waals surface area contributed by atoms with Crippen LogP contribution in [0.2, 0.25) is 0 Å². The Balaban J connectivity index is 0.00000264. The van der Waals surface area contributed by atoms with Gasteiger partial charge < -0.3 is 20.5 Å². The molecule has 1 aliphatic rings. The van der Waals surface area contributed by atoms with Crippen LogP contribution in [0.25, 0.3) is 0 Å². The molecule has 2 unspecified atom stereocenters. The number of benzene rings is 1. The van der Waals surface area contributed by atoms with Gasteiger partial charge in [-0.25, -0.2) is 8.78 Å². The summed E-state index contributed by atoms with van der Waals surface area (Å²) in [4.78, 5) is 11.9. The average Bonchev–Trinajstić information content (AvgIpc) is 2.54. The zero-order valence-electron chi connectivity index (χ0n) is 12.6. The van der Waals surface area contributed by atoms with E-state index in [-0.39, 0.29) is 43.1 Å². The lowest BCUT2D eigenvalue weighted by Gasteiger charge is -2.22. The third kappa shape index (κ3) is 6.29. The summed E-state index contributed by atoms with van der Waals surface area (Å²) >= 11 is 0. The zero-order valence-corrected chi connectivity index (χ0v) is 13.4. The lowest BCUT2D eigenvalue weighted by Crippen LogP contribution is -2.43. The first kappa shape index (κ1) is 19.6. The predicted molar refractivity (Wildman–Crippen MR) is 83.7 cm³/mol. The van der Waals surface area contributed by atoms with E-state index in [1.807, 2.05) is 0 Å². The largest absolute Gasteiger partial charge is 0.491 e. The van der Waals surface area contributed by atoms with Crippen molar-refractivity contribution in [2.24, 2.45) is 5.92 Å². The molecule has 1 aromatic carbocycles. The fourth-order valence-electron chi connectivity index (χ4n) is 2.26. The molecule has 2 rings (SSSR count). The minimum atomic E-state index is -1.01. The molecule has 3 N–H and O–H groups in total. The first-order valence-electron chi connectivity index (χ1n) is 7.30. The van der Waals surface area contributed by atoms with Gasteiger partial charge in [-0.3, -0.25) is 4.79 Å². The molecule has 0 aromatic heterocycles. The number of piperidine rings is 1. The molecule has 1 aromatic rings. The molecule has 23 heavy (non-hydrogen) atoms. The summed E-state index contributed by atoms with van der Waals surface area (Å²) < 4.78 is 30.9. The Morgan fingerprint density at radius 2 is 2.22 bits per heavy atom. The SMILES string of the molecule is Cl.O=C(NCC(O)COc1ccc(F)c(F)c1)C1CCCNC1. The number of carbonyl (C=O) groups excluding carboxylic acids is 1. The maximum atomic E-state index is 13.0. The van der Waals surface area contributed by atoms with Crippen LogP contribution in [0.15, 0.2) is 18.2 Å². The Labute approximate surface area is 139 Å². The molecule has 1 amide bonds. The Hall–Kier alpha value is -1.44. The summed E-state index contributed by atoms with van der Waals surface area (Å²) in [6.45, 7) is 1.51. The average molecular weight is 351 g/mol. The van der Waals surface area contributed by atoms with Crippen LogP contribution in [0.4, 0.5) is 8.78 Å². The summed E-state index contributed by atoms with van der Waals surface area (Å²) in [5.74, 6) is -2.01. The molecule has 1 aliphatic heterocycles. The van der Waals surface area contributed by atoms with E-state index in [1.54, 1.807) is 0 Å². The molecule has 0 bridgehead atoms. The monoisotopic (exact) mass is 350 g/mol. The van der Waals surface area contributed by atoms with Crippen LogP contribution in [0.5, 0.6) is 5.75 Å². The number of aliphatic hydroxyl groups is 1. The lowest BCUT2D eigenvalue weighted by molar-refractivity contribution is -0.126. The summed E-state index contributed by atoms with van der Waals surface area (Å²) in [6.07, 6.45) is 0.869. The van der Waals surface area contributed by atoms with Crippen LogP contribution < -0.4 is 15.4 Å². The fourth-order valence-corrected chi connectivity index (χ4v) is 2.26. The van der Waals surface area contributed by atoms with Crippen molar-refractivity contribution in [2.75, 3.05) is 26.2 Å². The van der Waals surface area contributed by atoms with Gasteiger partial charge in [0.25, 0.3) is 0 Å². The number of ether oxygens (including phenoxy) is 1. The van der Waals surface area contributed by atoms with Crippen molar-refractivity contribution in [3.05, 3.63) is 29.8 Å². The minimum Gasteiger partial charge on any atom is -0.491 e. The summed E-state index contributed by atoms with van der Waals surface area (Å²) in [6, 6.07) is 3.14. The van der Waals surface area contributed by atoms with E-state index in [2.05, 4.69) is 10.6 Å². The predicted octanol–water partition coefficient (Wildman–Crippen LogP) is 1.24. The van der Waals surface area contributed by atoms with Crippen molar-refractivity contribution in [3.63, 3.8) is 0 Å². The van der Waals surface area contributed by atoms with Crippen LogP contribution in [0, 0.1) is 17.6 Å². The molecule has 1 saturated heterocycles. The van der Waals surface area contributed by atoms with Crippen molar-refractivity contribution in [2.45, 2.75) is 18.9 Å². The topological polar surface area (TPSA) is 70.6 Å². The number of hydrogen-bond donors (Lipinski definition) is 3. The number of nitrogens with one attached hydrogen (secondary N) is 2. The normalized spacial score (nSPS) is 18.7. The zero-order chi connectivity index (χ0) is 15.9. The first-order valence-corrected chi connectivity index (χ1v) is 7.30. The second-order valence-corrected chi connectivity index (χ2v) is 5.33. The highest BCUT2D eigenvalue weighted by Crippen LogP contribution is 2.15. The summed E-state index contributed by atoms with van der Waals surface area (Å²) in [5, 5.41) is 15.6. The molecule has 8 heteroatoms. The van der Waals surface area contributed by atoms with E-state index < -0.39 is 17.7 Å². The van der Waals surface area contributed by atoms with Crippen molar-refractivity contribution < 1.29 is 23.4 Å². The molecule has 0 saturated carbocycles. The van der Waals surface area contributed by atoms with Crippen LogP contribution in [-0.2, 0) is 4.79 Å². The molecule has 1 heterocycles. The van der Waals surface area contributed by atoms with Gasteiger partial charge in [-0.1, -0.05) is 0 Å². The van der Waals surface area contributed by atoms with Crippen LogP contribution in [0.3, 0.4) is 0 Å². The van der Waals surface area contributed by atoms with E-state index >= 15 is 0 Å². The molecule has 0 radical (unpaired) electrons. The van der Waals surface area contributed by atoms with Gasteiger partial charge in [0.05, 0.1) is 5.92 Å². The smallest absolute Gasteiger partial charge is 0.224 e. The number of rotatable bonds is 6. The number of hydrogen-bond acceptors (Lipinski definition) is 4. The standard InChI is InChI=1S/C15H20F2N2O3.ClH/c16-13-4-3-12(6-14(13)17)22-9-11(20)8-19-15(21)10-2-1-5-18-7-10;/h3-4,6,10-11,18,20H,1-2,5,7-9H2,(H,19,21);1H. The van der Waals surface area contributed by atoms with Gasteiger partial charge in [-0.05, 0) is 31.5 Å². The molecule has 2 atom stereocenters. The van der Waals surface area contributed by atoms with Crippen LogP contribution in [-0.4, -0.2) is 43.4 Å². The van der Waals surface area contributed by atoms with E-state index in [0.717, 1.165) is 31.5 Å². The third-order valence-electron chi connectivity index (χ3n) is 3.51. The van der Waals surface area contributed by atoms with Crippen molar-refractivity contribution >= 4 is 18.3 Å². The van der Waals surface area contributed by atoms with Gasteiger partial charge >= 0.3 is 0 Å². The molecular weight excluding hydrogens is 330 g/mol. The Bertz CT molecular complexity index is 513. The van der Waals surface area contributed by atoms with Crippen LogP contribution in [0.1, 0.15) is 12.8 Å². The minimum absolute atomic E-state index is 0. The maximum Gasteiger partial charge on any atom is 0.224 e. The molecule has 0 spiro atoms. The lowest BCUT2D eigenvalue weighted by atomic mass is 9.99. The number of amides is 1. The van der Waals surface area contributed by atoms with Crippen molar-refractivity contribution in [1.82, 2.24) is 10.6 Å². The quantitative estimate of drug-likeness (QED) is 0.722. The summed E-state index contributed by atoms with van der Waals surface area (Å²) in [5.41, 5.74) is 0. The van der Waals surface area contributed by atoms with Crippen molar-refractivity contribution in [3.8, 4) is 5.75 Å². The van der Waals surface area contributed by atoms with E-state index in [1.165, 1.54) is 6.07 Å². The molecule has 5 nitrogen and oxygen atoms in total. The van der Waals surface area contributed by atoms with E-state index in [4.69, 9.17) is 4.74 Å². The van der Waals surface area contributed by atoms with Gasteiger partial charge in [0.1, 0.15) is 18.5 Å². The second kappa shape index (κ2) is 9.64. The summed E-state index contributed by atoms with van der Waals surface area (Å²) in [7, 11) is 0. The molecule has 1 fully saturated rings. The van der Waals surface area contributed by atoms with Gasteiger partial charge in [-0.15, -0.1) is 12.4 Å². The maximum absolute atomic E-state index is 13.0. The molecule has 0 aliphatic carbocycles. The highest BCUT2D eigenvalue weighted by Gasteiger charge is 2.21. The van der Waals surface area contributed by atoms with Crippen molar-refractivity contribution in [1.29, 1.82) is 0 Å². The van der Waals surface area contributed by atoms with E-state index in [9.17, 15) is 18.7 Å². The Morgan fingerprint density at radius 3 is 2.87 bits per heavy atom. The van der Waals surface area contributed by atoms with Gasteiger partial charge in [0.15, 0.2) is 11.6 Å². The first-order chi connectivity index (χ1) is 10.6. The highest BCUT2D eigenvalue weighted by molar-refractivity contribution is 5.85. The van der Waals surface area contributed by atoms with Gasteiger partial charge in [0, 0.05) is 19.2 Å². The number of aliphatic hydroxyl groups excluding tert-OH is 1. The number of halogens is 3. The Kier molecular flexibility index (Phi) is 8.22. The van der Waals surface area contributed by atoms with Gasteiger partial charge in [0.2, 0.25) is 5.91 Å². The van der Waals surface area contributed by atoms with Gasteiger partial charge in [-0.2, -0.15) is 0 Å². The molecule has 130 valence electrons. The molecular formula is C15H21ClF2N2O3. The number of carbonyl (C=O) groups is 1. The third-order valence-corrected chi connectivity index (χ3v) is 3.51.